The van der Waals surface area contributed by atoms with Gasteiger partial charge in [-0.15, -0.1) is 0 Å². The molecule has 110 valence electrons. The molecule has 0 aliphatic rings. The van der Waals surface area contributed by atoms with Gasteiger partial charge in [-0.2, -0.15) is 0 Å². The van der Waals surface area contributed by atoms with E-state index in [1.54, 1.807) is 18.2 Å². The highest BCUT2D eigenvalue weighted by Gasteiger charge is 2.22. The van der Waals surface area contributed by atoms with E-state index in [0.29, 0.717) is 5.02 Å². The van der Waals surface area contributed by atoms with Gasteiger partial charge in [-0.3, -0.25) is 4.79 Å². The van der Waals surface area contributed by atoms with Crippen molar-refractivity contribution in [1.29, 1.82) is 0 Å². The zero-order valence-corrected chi connectivity index (χ0v) is 13.5. The van der Waals surface area contributed by atoms with Gasteiger partial charge in [0.2, 0.25) is 5.91 Å². The summed E-state index contributed by atoms with van der Waals surface area (Å²) in [7, 11) is 2.67. The first-order valence-electron chi connectivity index (χ1n) is 5.78. The fraction of sp³-hybridized carbons (Fsp3) is 0.385. The number of esters is 1. The van der Waals surface area contributed by atoms with Crippen LogP contribution >= 0.6 is 27.5 Å². The van der Waals surface area contributed by atoms with Gasteiger partial charge in [0.25, 0.3) is 0 Å². The van der Waals surface area contributed by atoms with Gasteiger partial charge in [0.15, 0.2) is 0 Å². The molecule has 1 rings (SSSR count). The van der Waals surface area contributed by atoms with Crippen LogP contribution in [0.15, 0.2) is 22.7 Å². The zero-order chi connectivity index (χ0) is 15.1. The number of nitrogens with one attached hydrogen (secondary N) is 1. The summed E-state index contributed by atoms with van der Waals surface area (Å²) in [4.78, 5) is 23.3. The highest BCUT2D eigenvalue weighted by atomic mass is 79.9. The summed E-state index contributed by atoms with van der Waals surface area (Å²) in [5.74, 6) is -0.914. The lowest BCUT2D eigenvalue weighted by Crippen LogP contribution is -2.44. The molecule has 0 bridgehead atoms. The van der Waals surface area contributed by atoms with Crippen molar-refractivity contribution in [2.24, 2.45) is 0 Å². The minimum Gasteiger partial charge on any atom is -0.467 e. The third kappa shape index (κ3) is 5.11. The largest absolute Gasteiger partial charge is 0.467 e. The maximum Gasteiger partial charge on any atom is 0.328 e. The molecule has 1 aromatic carbocycles. The van der Waals surface area contributed by atoms with Crippen LogP contribution in [0.25, 0.3) is 0 Å². The van der Waals surface area contributed by atoms with Gasteiger partial charge in [-0.05, 0) is 23.8 Å². The molecule has 0 aromatic heterocycles. The SMILES string of the molecule is COCC(=O)N[C@H](Cc1cc(Cl)ccc1Br)C(=O)OC. The molecule has 0 unspecified atom stereocenters. The Kier molecular flexibility index (Phi) is 6.98. The Morgan fingerprint density at radius 3 is 2.70 bits per heavy atom. The van der Waals surface area contributed by atoms with Crippen molar-refractivity contribution in [1.82, 2.24) is 5.32 Å². The number of rotatable bonds is 6. The average Bonchev–Trinajstić information content (AvgIpc) is 2.41. The highest BCUT2D eigenvalue weighted by Crippen LogP contribution is 2.22. The summed E-state index contributed by atoms with van der Waals surface area (Å²) in [6.07, 6.45) is 0.267. The molecule has 1 N–H and O–H groups in total. The van der Waals surface area contributed by atoms with E-state index in [4.69, 9.17) is 21.1 Å². The normalized spacial score (nSPS) is 11.8. The van der Waals surface area contributed by atoms with Crippen LogP contribution in [0, 0.1) is 0 Å². The van der Waals surface area contributed by atoms with Crippen molar-refractivity contribution in [3.8, 4) is 0 Å². The molecule has 0 aliphatic carbocycles. The van der Waals surface area contributed by atoms with Crippen LogP contribution in [0.2, 0.25) is 5.02 Å². The molecule has 1 amide bonds. The standard InChI is InChI=1S/C13H15BrClNO4/c1-19-7-12(17)16-11(13(18)20-2)6-8-5-9(15)3-4-10(8)14/h3-5,11H,6-7H2,1-2H3,(H,16,17)/t11-/m1/s1. The van der Waals surface area contributed by atoms with Gasteiger partial charge in [-0.1, -0.05) is 27.5 Å². The second kappa shape index (κ2) is 8.24. The lowest BCUT2D eigenvalue weighted by atomic mass is 10.1. The van der Waals surface area contributed by atoms with Gasteiger partial charge in [0, 0.05) is 23.0 Å². The highest BCUT2D eigenvalue weighted by molar-refractivity contribution is 9.10. The molecular formula is C13H15BrClNO4. The monoisotopic (exact) mass is 363 g/mol. The molecule has 0 radical (unpaired) electrons. The van der Waals surface area contributed by atoms with E-state index in [9.17, 15) is 9.59 Å². The smallest absolute Gasteiger partial charge is 0.328 e. The molecule has 0 saturated heterocycles. The van der Waals surface area contributed by atoms with Crippen LogP contribution in [0.5, 0.6) is 0 Å². The molecular weight excluding hydrogens is 350 g/mol. The van der Waals surface area contributed by atoms with Gasteiger partial charge < -0.3 is 14.8 Å². The number of methoxy groups -OCH3 is 2. The van der Waals surface area contributed by atoms with E-state index in [0.717, 1.165) is 10.0 Å². The Morgan fingerprint density at radius 1 is 1.40 bits per heavy atom. The van der Waals surface area contributed by atoms with E-state index in [1.807, 2.05) is 0 Å². The number of carbonyl (C=O) groups excluding carboxylic acids is 2. The van der Waals surface area contributed by atoms with E-state index < -0.39 is 12.0 Å². The summed E-state index contributed by atoms with van der Waals surface area (Å²) in [5, 5.41) is 3.11. The van der Waals surface area contributed by atoms with Crippen LogP contribution < -0.4 is 5.32 Å². The number of hydrogen-bond donors (Lipinski definition) is 1. The Morgan fingerprint density at radius 2 is 2.10 bits per heavy atom. The second-order valence-electron chi connectivity index (χ2n) is 4.02. The van der Waals surface area contributed by atoms with Crippen molar-refractivity contribution in [2.75, 3.05) is 20.8 Å². The summed E-state index contributed by atoms with van der Waals surface area (Å²) in [6, 6.07) is 4.44. The molecule has 1 atom stereocenters. The predicted molar refractivity (Wildman–Crippen MR) is 78.7 cm³/mol. The molecule has 0 heterocycles. The second-order valence-corrected chi connectivity index (χ2v) is 5.31. The molecule has 5 nitrogen and oxygen atoms in total. The number of carbonyl (C=O) groups is 2. The molecule has 0 aliphatic heterocycles. The average molecular weight is 365 g/mol. The number of amides is 1. The van der Waals surface area contributed by atoms with Crippen LogP contribution in [0.3, 0.4) is 0 Å². The summed E-state index contributed by atoms with van der Waals surface area (Å²) in [6.45, 7) is -0.121. The molecule has 20 heavy (non-hydrogen) atoms. The van der Waals surface area contributed by atoms with Gasteiger partial charge in [-0.25, -0.2) is 4.79 Å². The van der Waals surface area contributed by atoms with E-state index in [2.05, 4.69) is 21.2 Å². The molecule has 1 aromatic rings. The summed E-state index contributed by atoms with van der Waals surface area (Å²) >= 11 is 9.30. The van der Waals surface area contributed by atoms with Crippen LogP contribution in [-0.4, -0.2) is 38.7 Å². The van der Waals surface area contributed by atoms with Gasteiger partial charge in [0.05, 0.1) is 7.11 Å². The summed E-state index contributed by atoms with van der Waals surface area (Å²) in [5.41, 5.74) is 0.797. The lowest BCUT2D eigenvalue weighted by Gasteiger charge is -2.17. The minimum atomic E-state index is -0.794. The maximum absolute atomic E-state index is 11.7. The first-order valence-corrected chi connectivity index (χ1v) is 6.95. The first kappa shape index (κ1) is 16.9. The number of ether oxygens (including phenoxy) is 2. The van der Waals surface area contributed by atoms with Crippen molar-refractivity contribution < 1.29 is 19.1 Å². The Labute approximate surface area is 130 Å². The third-order valence-corrected chi connectivity index (χ3v) is 3.54. The number of benzene rings is 1. The molecule has 0 saturated carbocycles. The molecule has 0 spiro atoms. The van der Waals surface area contributed by atoms with E-state index >= 15 is 0 Å². The van der Waals surface area contributed by atoms with Crippen molar-refractivity contribution in [3.63, 3.8) is 0 Å². The minimum absolute atomic E-state index is 0.121. The van der Waals surface area contributed by atoms with E-state index in [1.165, 1.54) is 14.2 Å². The number of halogens is 2. The molecule has 0 fully saturated rings. The molecule has 7 heteroatoms. The Bertz CT molecular complexity index is 495. The summed E-state index contributed by atoms with van der Waals surface area (Å²) < 4.78 is 10.2. The topological polar surface area (TPSA) is 64.6 Å². The quantitative estimate of drug-likeness (QED) is 0.784. The van der Waals surface area contributed by atoms with Gasteiger partial charge in [0.1, 0.15) is 12.6 Å². The van der Waals surface area contributed by atoms with Gasteiger partial charge >= 0.3 is 5.97 Å². The number of hydrogen-bond acceptors (Lipinski definition) is 4. The zero-order valence-electron chi connectivity index (χ0n) is 11.1. The van der Waals surface area contributed by atoms with Crippen LogP contribution in [-0.2, 0) is 25.5 Å². The fourth-order valence-electron chi connectivity index (χ4n) is 1.62. The van der Waals surface area contributed by atoms with E-state index in [-0.39, 0.29) is 18.9 Å². The van der Waals surface area contributed by atoms with Crippen molar-refractivity contribution >= 4 is 39.4 Å². The van der Waals surface area contributed by atoms with Crippen LogP contribution in [0.1, 0.15) is 5.56 Å². The fourth-order valence-corrected chi connectivity index (χ4v) is 2.23. The maximum atomic E-state index is 11.7. The lowest BCUT2D eigenvalue weighted by molar-refractivity contribution is -0.145. The van der Waals surface area contributed by atoms with Crippen LogP contribution in [0.4, 0.5) is 0 Å². The van der Waals surface area contributed by atoms with Crippen molar-refractivity contribution in [2.45, 2.75) is 12.5 Å². The predicted octanol–water partition coefficient (Wildman–Crippen LogP) is 1.95. The Balaban J connectivity index is 2.86. The first-order chi connectivity index (χ1) is 9.47. The Hall–Kier alpha value is -1.11. The van der Waals surface area contributed by atoms with Crippen molar-refractivity contribution in [3.05, 3.63) is 33.3 Å². The third-order valence-electron chi connectivity index (χ3n) is 2.53.